The molecule has 0 aliphatic rings. The van der Waals surface area contributed by atoms with Crippen LogP contribution < -0.4 is 5.32 Å². The van der Waals surface area contributed by atoms with E-state index >= 15 is 0 Å². The fraction of sp³-hybridized carbons (Fsp3) is 0.571. The van der Waals surface area contributed by atoms with Crippen molar-refractivity contribution in [1.82, 2.24) is 5.32 Å². The van der Waals surface area contributed by atoms with Crippen molar-refractivity contribution in [2.45, 2.75) is 103 Å². The van der Waals surface area contributed by atoms with Crippen LogP contribution in [0.5, 0.6) is 5.75 Å². The molecule has 0 spiro atoms. The molecule has 0 heterocycles. The molecular weight excluding hydrogens is 445 g/mol. The van der Waals surface area contributed by atoms with Gasteiger partial charge in [0.2, 0.25) is 0 Å². The Labute approximate surface area is 206 Å². The predicted octanol–water partition coefficient (Wildman–Crippen LogP) is 6.94. The molecular formula is C28H44NO4P. The molecule has 1 unspecified atom stereocenters. The van der Waals surface area contributed by atoms with Gasteiger partial charge in [-0.25, -0.2) is 0 Å². The zero-order valence-electron chi connectivity index (χ0n) is 22.1. The Balaban J connectivity index is 2.69. The van der Waals surface area contributed by atoms with E-state index in [-0.39, 0.29) is 16.9 Å². The largest absolute Gasteiger partial charge is 0.507 e. The Kier molecular flexibility index (Phi) is 8.86. The fourth-order valence-electron chi connectivity index (χ4n) is 4.55. The summed E-state index contributed by atoms with van der Waals surface area (Å²) in [6.07, 6.45) is 2.06. The van der Waals surface area contributed by atoms with E-state index in [1.54, 1.807) is 0 Å². The number of phenolic OH excluding ortho intramolecular Hbond substituents is 1. The standard InChI is InChI=1S/C28H44NO4P/c1-9-28(10-2,34(31,32)33)29-24(17-16-20-14-12-11-13-15-20)21-18-22(26(3,4)5)25(30)23(19-21)27(6,7)8/h11-15,18-19,24,29-30H,9-10,16-17H2,1-8H3,(H2,31,32,33). The molecule has 0 aromatic heterocycles. The topological polar surface area (TPSA) is 89.8 Å². The Bertz CT molecular complexity index is 960. The number of benzene rings is 2. The van der Waals surface area contributed by atoms with Gasteiger partial charge in [0.15, 0.2) is 0 Å². The molecule has 0 aliphatic heterocycles. The normalized spacial score (nSPS) is 14.3. The van der Waals surface area contributed by atoms with Gasteiger partial charge < -0.3 is 14.9 Å². The average Bonchev–Trinajstić information content (AvgIpc) is 2.72. The zero-order valence-corrected chi connectivity index (χ0v) is 23.0. The molecule has 0 saturated heterocycles. The lowest BCUT2D eigenvalue weighted by Gasteiger charge is -2.38. The van der Waals surface area contributed by atoms with Crippen molar-refractivity contribution >= 4 is 7.60 Å². The summed E-state index contributed by atoms with van der Waals surface area (Å²) in [5.74, 6) is 0.304. The van der Waals surface area contributed by atoms with E-state index in [9.17, 15) is 19.5 Å². The first-order valence-electron chi connectivity index (χ1n) is 12.3. The summed E-state index contributed by atoms with van der Waals surface area (Å²) in [5.41, 5.74) is 3.23. The van der Waals surface area contributed by atoms with Crippen LogP contribution in [-0.4, -0.2) is 20.2 Å². The maximum Gasteiger partial charge on any atom is 0.345 e. The van der Waals surface area contributed by atoms with Crippen LogP contribution in [0.25, 0.3) is 0 Å². The highest BCUT2D eigenvalue weighted by Gasteiger charge is 2.45. The molecule has 0 bridgehead atoms. The van der Waals surface area contributed by atoms with Gasteiger partial charge in [0.05, 0.1) is 0 Å². The van der Waals surface area contributed by atoms with Crippen LogP contribution in [0.1, 0.15) is 103 Å². The molecule has 0 radical (unpaired) electrons. The van der Waals surface area contributed by atoms with Gasteiger partial charge in [-0.3, -0.25) is 9.88 Å². The third-order valence-corrected chi connectivity index (χ3v) is 8.76. The van der Waals surface area contributed by atoms with Gasteiger partial charge in [0.1, 0.15) is 11.0 Å². The van der Waals surface area contributed by atoms with E-state index in [0.717, 1.165) is 23.1 Å². The van der Waals surface area contributed by atoms with E-state index in [4.69, 9.17) is 0 Å². The minimum Gasteiger partial charge on any atom is -0.507 e. The van der Waals surface area contributed by atoms with E-state index in [1.165, 1.54) is 5.56 Å². The highest BCUT2D eigenvalue weighted by atomic mass is 31.2. The highest BCUT2D eigenvalue weighted by molar-refractivity contribution is 7.53. The second kappa shape index (κ2) is 10.5. The molecule has 2 rings (SSSR count). The van der Waals surface area contributed by atoms with Crippen molar-refractivity contribution in [2.75, 3.05) is 0 Å². The number of rotatable bonds is 9. The number of phenols is 1. The van der Waals surface area contributed by atoms with Gasteiger partial charge in [-0.1, -0.05) is 85.7 Å². The summed E-state index contributed by atoms with van der Waals surface area (Å²) in [5, 5.41) is 13.3. The Morgan fingerprint density at radius 2 is 1.35 bits per heavy atom. The fourth-order valence-corrected chi connectivity index (χ4v) is 5.70. The summed E-state index contributed by atoms with van der Waals surface area (Å²) in [4.78, 5) is 20.7. The third-order valence-electron chi connectivity index (χ3n) is 6.89. The van der Waals surface area contributed by atoms with Gasteiger partial charge >= 0.3 is 7.60 Å². The van der Waals surface area contributed by atoms with E-state index in [2.05, 4.69) is 59.0 Å². The van der Waals surface area contributed by atoms with E-state index < -0.39 is 12.9 Å². The summed E-state index contributed by atoms with van der Waals surface area (Å²) < 4.78 is 12.7. The van der Waals surface area contributed by atoms with E-state index in [1.807, 2.05) is 44.2 Å². The molecule has 6 heteroatoms. The first-order valence-corrected chi connectivity index (χ1v) is 13.9. The van der Waals surface area contributed by atoms with Gasteiger partial charge in [0, 0.05) is 6.04 Å². The van der Waals surface area contributed by atoms with Crippen molar-refractivity contribution in [3.63, 3.8) is 0 Å². The zero-order chi connectivity index (χ0) is 25.9. The lowest BCUT2D eigenvalue weighted by molar-refractivity contribution is 0.261. The molecule has 2 aromatic rings. The molecule has 1 atom stereocenters. The van der Waals surface area contributed by atoms with Crippen LogP contribution in [0.3, 0.4) is 0 Å². The number of hydrogen-bond acceptors (Lipinski definition) is 3. The minimum absolute atomic E-state index is 0.292. The average molecular weight is 490 g/mol. The first kappa shape index (κ1) is 28.6. The molecule has 34 heavy (non-hydrogen) atoms. The van der Waals surface area contributed by atoms with Gasteiger partial charge in [-0.15, -0.1) is 0 Å². The molecule has 0 aliphatic carbocycles. The van der Waals surface area contributed by atoms with Gasteiger partial charge in [-0.05, 0) is 70.9 Å². The van der Waals surface area contributed by atoms with Crippen LogP contribution in [0.4, 0.5) is 0 Å². The molecule has 190 valence electrons. The van der Waals surface area contributed by atoms with Crippen molar-refractivity contribution in [2.24, 2.45) is 0 Å². The number of hydrogen-bond donors (Lipinski definition) is 4. The lowest BCUT2D eigenvalue weighted by Crippen LogP contribution is -2.46. The minimum atomic E-state index is -4.44. The van der Waals surface area contributed by atoms with Crippen LogP contribution in [0.2, 0.25) is 0 Å². The third kappa shape index (κ3) is 6.51. The summed E-state index contributed by atoms with van der Waals surface area (Å²) in [7, 11) is -4.44. The second-order valence-corrected chi connectivity index (χ2v) is 13.4. The van der Waals surface area contributed by atoms with Crippen LogP contribution in [-0.2, 0) is 21.8 Å². The first-order chi connectivity index (χ1) is 15.6. The Hall–Kier alpha value is -1.65. The molecule has 0 saturated carbocycles. The van der Waals surface area contributed by atoms with Crippen molar-refractivity contribution in [3.8, 4) is 5.75 Å². The molecule has 2 aromatic carbocycles. The van der Waals surface area contributed by atoms with Gasteiger partial charge in [0.25, 0.3) is 0 Å². The van der Waals surface area contributed by atoms with Crippen LogP contribution in [0.15, 0.2) is 42.5 Å². The number of nitrogens with one attached hydrogen (secondary N) is 1. The van der Waals surface area contributed by atoms with Crippen molar-refractivity contribution in [3.05, 3.63) is 64.7 Å². The summed E-state index contributed by atoms with van der Waals surface area (Å²) in [6.45, 7) is 16.1. The Morgan fingerprint density at radius 3 is 1.74 bits per heavy atom. The predicted molar refractivity (Wildman–Crippen MR) is 142 cm³/mol. The molecule has 4 N–H and O–H groups in total. The molecule has 5 nitrogen and oxygen atoms in total. The second-order valence-electron chi connectivity index (χ2n) is 11.5. The molecule has 0 amide bonds. The quantitative estimate of drug-likeness (QED) is 0.286. The maximum absolute atomic E-state index is 12.7. The monoisotopic (exact) mass is 489 g/mol. The highest BCUT2D eigenvalue weighted by Crippen LogP contribution is 2.54. The summed E-state index contributed by atoms with van der Waals surface area (Å²) in [6, 6.07) is 13.9. The van der Waals surface area contributed by atoms with Gasteiger partial charge in [-0.2, -0.15) is 0 Å². The van der Waals surface area contributed by atoms with Crippen molar-refractivity contribution in [1.29, 1.82) is 0 Å². The van der Waals surface area contributed by atoms with Crippen LogP contribution >= 0.6 is 7.60 Å². The lowest BCUT2D eigenvalue weighted by atomic mass is 9.77. The number of aryl methyl sites for hydroxylation is 1. The Morgan fingerprint density at radius 1 is 0.882 bits per heavy atom. The van der Waals surface area contributed by atoms with Crippen LogP contribution in [0, 0.1) is 0 Å². The smallest absolute Gasteiger partial charge is 0.345 e. The molecule has 0 fully saturated rings. The SMILES string of the molecule is CCC(CC)(NC(CCc1ccccc1)c1cc(C(C)(C)C)c(O)c(C(C)(C)C)c1)P(=O)(O)O. The van der Waals surface area contributed by atoms with Crippen molar-refractivity contribution < 1.29 is 19.5 Å². The maximum atomic E-state index is 12.7. The van der Waals surface area contributed by atoms with E-state index in [0.29, 0.717) is 25.0 Å². The number of aromatic hydroxyl groups is 1. The summed E-state index contributed by atoms with van der Waals surface area (Å²) >= 11 is 0.